The Morgan fingerprint density at radius 1 is 1.00 bits per heavy atom. The van der Waals surface area contributed by atoms with E-state index in [-0.39, 0.29) is 6.04 Å². The van der Waals surface area contributed by atoms with Crippen molar-refractivity contribution in [3.05, 3.63) is 66.0 Å². The second-order valence-electron chi connectivity index (χ2n) is 4.98. The van der Waals surface area contributed by atoms with Crippen molar-refractivity contribution in [2.45, 2.75) is 18.9 Å². The van der Waals surface area contributed by atoms with Crippen LogP contribution in [0.2, 0.25) is 0 Å². The molecule has 2 heteroatoms. The first-order chi connectivity index (χ1) is 8.93. The van der Waals surface area contributed by atoms with E-state index in [0.29, 0.717) is 0 Å². The van der Waals surface area contributed by atoms with E-state index in [1.165, 1.54) is 24.0 Å². The Hall–Kier alpha value is -1.67. The van der Waals surface area contributed by atoms with Gasteiger partial charge in [0.2, 0.25) is 0 Å². The van der Waals surface area contributed by atoms with Crippen molar-refractivity contribution in [3.63, 3.8) is 0 Å². The summed E-state index contributed by atoms with van der Waals surface area (Å²) in [6.45, 7) is 1.11. The van der Waals surface area contributed by atoms with E-state index in [2.05, 4.69) is 52.8 Å². The summed E-state index contributed by atoms with van der Waals surface area (Å²) in [7, 11) is 0. The Labute approximate surface area is 108 Å². The molecule has 1 atom stereocenters. The van der Waals surface area contributed by atoms with Gasteiger partial charge in [0.1, 0.15) is 0 Å². The topological polar surface area (TPSA) is 24.9 Å². The van der Waals surface area contributed by atoms with Gasteiger partial charge in [-0.3, -0.25) is 4.98 Å². The standard InChI is InChI=1S/C16H18N2/c1-2-4-14(5-3-1)16(18-12-13-6-7-13)15-8-10-17-11-9-15/h1-5,8-11,13,16,18H,6-7,12H2/t16-/m0/s1. The van der Waals surface area contributed by atoms with Gasteiger partial charge in [0.15, 0.2) is 0 Å². The van der Waals surface area contributed by atoms with Crippen molar-refractivity contribution in [1.29, 1.82) is 0 Å². The van der Waals surface area contributed by atoms with Gasteiger partial charge in [0.05, 0.1) is 6.04 Å². The summed E-state index contributed by atoms with van der Waals surface area (Å²) in [5.74, 6) is 0.887. The third kappa shape index (κ3) is 2.77. The highest BCUT2D eigenvalue weighted by molar-refractivity contribution is 5.30. The third-order valence-corrected chi connectivity index (χ3v) is 3.48. The molecule has 1 fully saturated rings. The molecule has 2 nitrogen and oxygen atoms in total. The molecule has 1 aliphatic carbocycles. The third-order valence-electron chi connectivity index (χ3n) is 3.48. The molecule has 1 saturated carbocycles. The molecule has 3 rings (SSSR count). The first kappa shape index (κ1) is 11.4. The summed E-state index contributed by atoms with van der Waals surface area (Å²) >= 11 is 0. The molecule has 0 spiro atoms. The van der Waals surface area contributed by atoms with Gasteiger partial charge in [-0.15, -0.1) is 0 Å². The molecule has 92 valence electrons. The lowest BCUT2D eigenvalue weighted by molar-refractivity contribution is 0.573. The molecule has 1 heterocycles. The van der Waals surface area contributed by atoms with Crippen LogP contribution in [-0.4, -0.2) is 11.5 Å². The predicted octanol–water partition coefficient (Wildman–Crippen LogP) is 3.17. The fourth-order valence-corrected chi connectivity index (χ4v) is 2.24. The van der Waals surface area contributed by atoms with Crippen LogP contribution in [0.25, 0.3) is 0 Å². The highest BCUT2D eigenvalue weighted by Gasteiger charge is 2.23. The quantitative estimate of drug-likeness (QED) is 0.865. The van der Waals surface area contributed by atoms with Crippen molar-refractivity contribution < 1.29 is 0 Å². The smallest absolute Gasteiger partial charge is 0.0577 e. The molecule has 0 amide bonds. The van der Waals surface area contributed by atoms with E-state index in [0.717, 1.165) is 12.5 Å². The molecule has 0 unspecified atom stereocenters. The average Bonchev–Trinajstić information content (AvgIpc) is 3.26. The zero-order valence-electron chi connectivity index (χ0n) is 10.4. The van der Waals surface area contributed by atoms with Crippen molar-refractivity contribution in [2.75, 3.05) is 6.54 Å². The highest BCUT2D eigenvalue weighted by atomic mass is 14.9. The van der Waals surface area contributed by atoms with Crippen LogP contribution >= 0.6 is 0 Å². The summed E-state index contributed by atoms with van der Waals surface area (Å²) < 4.78 is 0. The molecule has 1 aromatic carbocycles. The fraction of sp³-hybridized carbons (Fsp3) is 0.312. The predicted molar refractivity (Wildman–Crippen MR) is 73.2 cm³/mol. The van der Waals surface area contributed by atoms with Crippen molar-refractivity contribution in [1.82, 2.24) is 10.3 Å². The molecule has 1 N–H and O–H groups in total. The van der Waals surface area contributed by atoms with Crippen molar-refractivity contribution >= 4 is 0 Å². The minimum absolute atomic E-state index is 0.287. The Kier molecular flexibility index (Phi) is 3.37. The molecule has 18 heavy (non-hydrogen) atoms. The van der Waals surface area contributed by atoms with Gasteiger partial charge >= 0.3 is 0 Å². The minimum Gasteiger partial charge on any atom is -0.306 e. The van der Waals surface area contributed by atoms with E-state index in [4.69, 9.17) is 0 Å². The summed E-state index contributed by atoms with van der Waals surface area (Å²) in [6.07, 6.45) is 6.49. The zero-order chi connectivity index (χ0) is 12.2. The van der Waals surface area contributed by atoms with Crippen LogP contribution in [0.15, 0.2) is 54.9 Å². The maximum atomic E-state index is 4.10. The zero-order valence-corrected chi connectivity index (χ0v) is 10.4. The molecule has 0 aliphatic heterocycles. The van der Waals surface area contributed by atoms with Gasteiger partial charge in [0.25, 0.3) is 0 Å². The minimum atomic E-state index is 0.287. The SMILES string of the molecule is c1ccc([C@H](NCC2CC2)c2ccncc2)cc1. The van der Waals surface area contributed by atoms with Gasteiger partial charge in [-0.1, -0.05) is 30.3 Å². The number of aromatic nitrogens is 1. The normalized spacial score (nSPS) is 16.4. The second kappa shape index (κ2) is 5.32. The van der Waals surface area contributed by atoms with Crippen LogP contribution in [0.5, 0.6) is 0 Å². The van der Waals surface area contributed by atoms with Gasteiger partial charge in [-0.25, -0.2) is 0 Å². The molecule has 0 radical (unpaired) electrons. The number of rotatable bonds is 5. The van der Waals surface area contributed by atoms with Crippen LogP contribution in [-0.2, 0) is 0 Å². The van der Waals surface area contributed by atoms with Gasteiger partial charge in [-0.2, -0.15) is 0 Å². The number of benzene rings is 1. The molecule has 0 saturated heterocycles. The van der Waals surface area contributed by atoms with E-state index >= 15 is 0 Å². The average molecular weight is 238 g/mol. The maximum absolute atomic E-state index is 4.10. The van der Waals surface area contributed by atoms with Gasteiger partial charge in [0, 0.05) is 12.4 Å². The molecular weight excluding hydrogens is 220 g/mol. The number of nitrogens with zero attached hydrogens (tertiary/aromatic N) is 1. The Morgan fingerprint density at radius 2 is 1.67 bits per heavy atom. The lowest BCUT2D eigenvalue weighted by atomic mass is 9.99. The molecule has 0 bridgehead atoms. The van der Waals surface area contributed by atoms with E-state index in [9.17, 15) is 0 Å². The monoisotopic (exact) mass is 238 g/mol. The van der Waals surface area contributed by atoms with E-state index in [1.807, 2.05) is 12.4 Å². The number of pyridine rings is 1. The summed E-state index contributed by atoms with van der Waals surface area (Å²) in [4.78, 5) is 4.10. The lowest BCUT2D eigenvalue weighted by Gasteiger charge is -2.19. The molecule has 1 aliphatic rings. The molecule has 2 aromatic rings. The second-order valence-corrected chi connectivity index (χ2v) is 4.98. The van der Waals surface area contributed by atoms with Crippen LogP contribution in [0.1, 0.15) is 30.0 Å². The maximum Gasteiger partial charge on any atom is 0.0577 e. The molecular formula is C16H18N2. The van der Waals surface area contributed by atoms with Crippen molar-refractivity contribution in [2.24, 2.45) is 5.92 Å². The summed E-state index contributed by atoms with van der Waals surface area (Å²) in [5, 5.41) is 3.69. The van der Waals surface area contributed by atoms with Crippen LogP contribution in [0, 0.1) is 5.92 Å². The van der Waals surface area contributed by atoms with Gasteiger partial charge < -0.3 is 5.32 Å². The van der Waals surface area contributed by atoms with Crippen LogP contribution in [0.4, 0.5) is 0 Å². The Balaban J connectivity index is 1.83. The highest BCUT2D eigenvalue weighted by Crippen LogP contribution is 2.29. The van der Waals surface area contributed by atoms with Crippen molar-refractivity contribution in [3.8, 4) is 0 Å². The lowest BCUT2D eigenvalue weighted by Crippen LogP contribution is -2.24. The van der Waals surface area contributed by atoms with Gasteiger partial charge in [-0.05, 0) is 48.6 Å². The Morgan fingerprint density at radius 3 is 2.33 bits per heavy atom. The molecule has 1 aromatic heterocycles. The number of nitrogens with one attached hydrogen (secondary N) is 1. The largest absolute Gasteiger partial charge is 0.306 e. The summed E-state index contributed by atoms with van der Waals surface area (Å²) in [5.41, 5.74) is 2.61. The van der Waals surface area contributed by atoms with E-state index in [1.54, 1.807) is 0 Å². The first-order valence-electron chi connectivity index (χ1n) is 6.62. The first-order valence-corrected chi connectivity index (χ1v) is 6.62. The Bertz CT molecular complexity index is 437. The summed E-state index contributed by atoms with van der Waals surface area (Å²) in [6, 6.07) is 15.1. The number of hydrogen-bond donors (Lipinski definition) is 1. The number of hydrogen-bond acceptors (Lipinski definition) is 2. The van der Waals surface area contributed by atoms with Crippen LogP contribution in [0.3, 0.4) is 0 Å². The van der Waals surface area contributed by atoms with Crippen LogP contribution < -0.4 is 5.32 Å². The fourth-order valence-electron chi connectivity index (χ4n) is 2.24. The van der Waals surface area contributed by atoms with E-state index < -0.39 is 0 Å².